The van der Waals surface area contributed by atoms with E-state index in [1.807, 2.05) is 6.92 Å². The predicted molar refractivity (Wildman–Crippen MR) is 43.6 cm³/mol. The smallest absolute Gasteiger partial charge is 0.255 e. The maximum atomic E-state index is 12.5. The second-order valence-corrected chi connectivity index (χ2v) is 2.34. The first kappa shape index (κ1) is 8.70. The molecular weight excluding hydrogens is 161 g/mol. The van der Waals surface area contributed by atoms with Gasteiger partial charge in [-0.05, 0) is 6.42 Å². The number of halogens is 1. The van der Waals surface area contributed by atoms with E-state index in [0.29, 0.717) is 6.54 Å². The number of hydrogen-bond acceptors (Lipinski definition) is 3. The summed E-state index contributed by atoms with van der Waals surface area (Å²) in [4.78, 5) is 16.5. The maximum absolute atomic E-state index is 12.5. The van der Waals surface area contributed by atoms with E-state index >= 15 is 0 Å². The van der Waals surface area contributed by atoms with Gasteiger partial charge in [-0.15, -0.1) is 0 Å². The Morgan fingerprint density at radius 2 is 2.50 bits per heavy atom. The molecule has 0 bridgehead atoms. The number of aromatic amines is 1. The monoisotopic (exact) mass is 171 g/mol. The van der Waals surface area contributed by atoms with Crippen LogP contribution in [0.5, 0.6) is 0 Å². The molecule has 1 aromatic rings. The van der Waals surface area contributed by atoms with Gasteiger partial charge in [-0.3, -0.25) is 9.78 Å². The Morgan fingerprint density at radius 3 is 3.08 bits per heavy atom. The molecule has 5 heteroatoms. The number of aromatic nitrogens is 2. The van der Waals surface area contributed by atoms with Gasteiger partial charge in [0.1, 0.15) is 0 Å². The number of hydrogen-bond donors (Lipinski definition) is 2. The molecule has 0 spiro atoms. The Hall–Kier alpha value is -1.39. The topological polar surface area (TPSA) is 57.8 Å². The summed E-state index contributed by atoms with van der Waals surface area (Å²) >= 11 is 0. The van der Waals surface area contributed by atoms with Gasteiger partial charge in [-0.1, -0.05) is 6.92 Å². The largest absolute Gasteiger partial charge is 0.356 e. The molecule has 1 rings (SSSR count). The molecule has 1 aromatic heterocycles. The molecule has 2 N–H and O–H groups in total. The van der Waals surface area contributed by atoms with Crippen molar-refractivity contribution in [3.05, 3.63) is 22.4 Å². The van der Waals surface area contributed by atoms with Crippen molar-refractivity contribution in [1.82, 2.24) is 9.97 Å². The molecule has 0 unspecified atom stereocenters. The van der Waals surface area contributed by atoms with Gasteiger partial charge < -0.3 is 5.32 Å². The molecule has 0 aliphatic rings. The molecule has 0 aromatic carbocycles. The normalized spacial score (nSPS) is 9.83. The van der Waals surface area contributed by atoms with Crippen LogP contribution in [-0.4, -0.2) is 16.5 Å². The van der Waals surface area contributed by atoms with Crippen LogP contribution in [0.25, 0.3) is 0 Å². The molecule has 0 amide bonds. The average molecular weight is 171 g/mol. The minimum absolute atomic E-state index is 0.182. The molecule has 4 nitrogen and oxygen atoms in total. The predicted octanol–water partition coefficient (Wildman–Crippen LogP) is 0.731. The van der Waals surface area contributed by atoms with Crippen molar-refractivity contribution in [3.8, 4) is 0 Å². The van der Waals surface area contributed by atoms with Crippen molar-refractivity contribution in [2.75, 3.05) is 11.9 Å². The summed E-state index contributed by atoms with van der Waals surface area (Å²) in [7, 11) is 0. The molecule has 0 saturated carbocycles. The number of nitrogens with one attached hydrogen (secondary N) is 2. The van der Waals surface area contributed by atoms with Crippen LogP contribution in [0.2, 0.25) is 0 Å². The molecule has 0 aliphatic carbocycles. The second-order valence-electron chi connectivity index (χ2n) is 2.34. The third-order valence-corrected chi connectivity index (χ3v) is 1.25. The van der Waals surface area contributed by atoms with Gasteiger partial charge in [-0.2, -0.15) is 9.37 Å². The van der Waals surface area contributed by atoms with Gasteiger partial charge >= 0.3 is 0 Å². The summed E-state index contributed by atoms with van der Waals surface area (Å²) in [6.45, 7) is 2.62. The fraction of sp³-hybridized carbons (Fsp3) is 0.429. The van der Waals surface area contributed by atoms with Crippen molar-refractivity contribution in [2.45, 2.75) is 13.3 Å². The highest BCUT2D eigenvalue weighted by atomic mass is 19.1. The lowest BCUT2D eigenvalue weighted by Gasteiger charge is -2.01. The molecule has 0 atom stereocenters. The van der Waals surface area contributed by atoms with E-state index in [2.05, 4.69) is 15.3 Å². The molecule has 0 fully saturated rings. The quantitative estimate of drug-likeness (QED) is 0.659. The lowest BCUT2D eigenvalue weighted by atomic mass is 10.5. The third kappa shape index (κ3) is 2.34. The number of rotatable bonds is 3. The summed E-state index contributed by atoms with van der Waals surface area (Å²) in [6, 6.07) is 0.803. The summed E-state index contributed by atoms with van der Waals surface area (Å²) in [5.74, 6) is -0.584. The zero-order valence-corrected chi connectivity index (χ0v) is 6.72. The van der Waals surface area contributed by atoms with Crippen molar-refractivity contribution in [2.24, 2.45) is 0 Å². The molecular formula is C7H10FN3O. The van der Waals surface area contributed by atoms with Crippen LogP contribution < -0.4 is 10.9 Å². The lowest BCUT2D eigenvalue weighted by molar-refractivity contribution is 0.578. The zero-order chi connectivity index (χ0) is 8.97. The van der Waals surface area contributed by atoms with Gasteiger partial charge in [0.25, 0.3) is 5.56 Å². The van der Waals surface area contributed by atoms with E-state index in [-0.39, 0.29) is 5.95 Å². The number of nitrogens with zero attached hydrogens (tertiary/aromatic N) is 1. The van der Waals surface area contributed by atoms with Gasteiger partial charge in [0.15, 0.2) is 0 Å². The van der Waals surface area contributed by atoms with Crippen LogP contribution in [0.3, 0.4) is 0 Å². The number of anilines is 1. The SMILES string of the molecule is CCCNc1nc(F)cc(=O)[nH]1. The van der Waals surface area contributed by atoms with E-state index in [1.54, 1.807) is 0 Å². The van der Waals surface area contributed by atoms with E-state index in [1.165, 1.54) is 0 Å². The van der Waals surface area contributed by atoms with Crippen molar-refractivity contribution >= 4 is 5.95 Å². The highest BCUT2D eigenvalue weighted by Gasteiger charge is 1.97. The first-order valence-corrected chi connectivity index (χ1v) is 3.73. The highest BCUT2D eigenvalue weighted by Crippen LogP contribution is 1.94. The Labute approximate surface area is 68.8 Å². The molecule has 0 aliphatic heterocycles. The molecule has 0 saturated heterocycles. The summed E-state index contributed by atoms with van der Waals surface area (Å²) < 4.78 is 12.5. The highest BCUT2D eigenvalue weighted by molar-refractivity contribution is 5.21. The minimum atomic E-state index is -0.766. The van der Waals surface area contributed by atoms with Gasteiger partial charge in [0.2, 0.25) is 11.9 Å². The van der Waals surface area contributed by atoms with Crippen LogP contribution in [0.15, 0.2) is 10.9 Å². The van der Waals surface area contributed by atoms with Gasteiger partial charge in [0, 0.05) is 6.54 Å². The van der Waals surface area contributed by atoms with Crippen LogP contribution in [0, 0.1) is 5.95 Å². The van der Waals surface area contributed by atoms with E-state index < -0.39 is 11.5 Å². The summed E-state index contributed by atoms with van der Waals surface area (Å²) in [5.41, 5.74) is -0.485. The second kappa shape index (κ2) is 3.85. The Bertz CT molecular complexity index is 310. The lowest BCUT2D eigenvalue weighted by Crippen LogP contribution is -2.13. The Morgan fingerprint density at radius 1 is 1.75 bits per heavy atom. The molecule has 66 valence electrons. The summed E-state index contributed by atoms with van der Waals surface area (Å²) in [6.07, 6.45) is 0.889. The van der Waals surface area contributed by atoms with Crippen LogP contribution in [0.4, 0.5) is 10.3 Å². The average Bonchev–Trinajstić information content (AvgIpc) is 1.99. The van der Waals surface area contributed by atoms with Gasteiger partial charge in [0.05, 0.1) is 6.07 Å². The molecule has 1 heterocycles. The standard InChI is InChI=1S/C7H10FN3O/c1-2-3-9-7-10-5(8)4-6(12)11-7/h4H,2-3H2,1H3,(H2,9,10,11,12). The first-order valence-electron chi connectivity index (χ1n) is 3.73. The van der Waals surface area contributed by atoms with E-state index in [0.717, 1.165) is 12.5 Å². The fourth-order valence-corrected chi connectivity index (χ4v) is 0.755. The van der Waals surface area contributed by atoms with Crippen molar-refractivity contribution in [1.29, 1.82) is 0 Å². The van der Waals surface area contributed by atoms with Crippen LogP contribution in [0.1, 0.15) is 13.3 Å². The minimum Gasteiger partial charge on any atom is -0.356 e. The molecule has 0 radical (unpaired) electrons. The fourth-order valence-electron chi connectivity index (χ4n) is 0.755. The van der Waals surface area contributed by atoms with E-state index in [9.17, 15) is 9.18 Å². The van der Waals surface area contributed by atoms with Gasteiger partial charge in [-0.25, -0.2) is 0 Å². The third-order valence-electron chi connectivity index (χ3n) is 1.25. The van der Waals surface area contributed by atoms with Crippen LogP contribution in [-0.2, 0) is 0 Å². The number of H-pyrrole nitrogens is 1. The maximum Gasteiger partial charge on any atom is 0.255 e. The van der Waals surface area contributed by atoms with E-state index in [4.69, 9.17) is 0 Å². The van der Waals surface area contributed by atoms with Crippen LogP contribution >= 0.6 is 0 Å². The Kier molecular flexibility index (Phi) is 2.79. The first-order chi connectivity index (χ1) is 5.72. The molecule has 12 heavy (non-hydrogen) atoms. The van der Waals surface area contributed by atoms with Crippen molar-refractivity contribution in [3.63, 3.8) is 0 Å². The summed E-state index contributed by atoms with van der Waals surface area (Å²) in [5, 5.41) is 2.77. The van der Waals surface area contributed by atoms with Crippen molar-refractivity contribution < 1.29 is 4.39 Å². The zero-order valence-electron chi connectivity index (χ0n) is 6.72. The Balaban J connectivity index is 2.79.